The molecule has 66 heavy (non-hydrogen) atoms. The number of hydrogen-bond acceptors (Lipinski definition) is 6. The Bertz CT molecular complexity index is 1460. The van der Waals surface area contributed by atoms with Gasteiger partial charge in [-0.05, 0) is 89.9 Å². The minimum atomic E-state index is -0.809. The molecule has 0 N–H and O–H groups in total. The molecule has 6 nitrogen and oxygen atoms in total. The van der Waals surface area contributed by atoms with Gasteiger partial charge in [-0.3, -0.25) is 14.4 Å². The van der Waals surface area contributed by atoms with E-state index in [0.29, 0.717) is 19.3 Å². The molecule has 370 valence electrons. The molecular weight excluding hydrogens is 817 g/mol. The quantitative estimate of drug-likeness (QED) is 0.0199. The Balaban J connectivity index is 4.48. The summed E-state index contributed by atoms with van der Waals surface area (Å²) >= 11 is 0. The van der Waals surface area contributed by atoms with Crippen molar-refractivity contribution < 1.29 is 28.6 Å². The highest BCUT2D eigenvalue weighted by atomic mass is 16.6. The van der Waals surface area contributed by atoms with Crippen molar-refractivity contribution in [3.63, 3.8) is 0 Å². The number of esters is 3. The predicted octanol–water partition coefficient (Wildman–Crippen LogP) is 17.5. The maximum atomic E-state index is 12.8. The topological polar surface area (TPSA) is 78.9 Å². The smallest absolute Gasteiger partial charge is 0.306 e. The van der Waals surface area contributed by atoms with E-state index in [9.17, 15) is 14.4 Å². The third-order valence-electron chi connectivity index (χ3n) is 10.6. The molecule has 0 aromatic carbocycles. The van der Waals surface area contributed by atoms with Crippen molar-refractivity contribution in [3.05, 3.63) is 134 Å². The molecule has 0 amide bonds. The van der Waals surface area contributed by atoms with Crippen molar-refractivity contribution >= 4 is 17.9 Å². The summed E-state index contributed by atoms with van der Waals surface area (Å²) in [5.41, 5.74) is 0. The average Bonchev–Trinajstić information content (AvgIpc) is 3.31. The summed E-state index contributed by atoms with van der Waals surface area (Å²) in [5, 5.41) is 0. The van der Waals surface area contributed by atoms with Gasteiger partial charge in [0.05, 0.1) is 0 Å². The Kier molecular flexibility index (Phi) is 49.6. The molecular formula is C60H94O6. The summed E-state index contributed by atoms with van der Waals surface area (Å²) < 4.78 is 16.7. The van der Waals surface area contributed by atoms with Crippen LogP contribution in [0.4, 0.5) is 0 Å². The van der Waals surface area contributed by atoms with Crippen LogP contribution in [0, 0.1) is 0 Å². The van der Waals surface area contributed by atoms with Gasteiger partial charge in [-0.2, -0.15) is 0 Å². The zero-order chi connectivity index (χ0) is 47.9. The summed E-state index contributed by atoms with van der Waals surface area (Å²) in [6, 6.07) is 0. The molecule has 0 bridgehead atoms. The number of hydrogen-bond donors (Lipinski definition) is 0. The lowest BCUT2D eigenvalue weighted by atomic mass is 10.1. The SMILES string of the molecule is CC\C=C/C=C\C=C/C=C\C=C\C=C/C=C\CCCCCC(=O)OCC(COC(=O)CCCCCC/C=C\CCCC)OC(=O)CCCCCCCCCCC/C=C\C/C=C\C/C=C\CC. The molecule has 0 aliphatic carbocycles. The van der Waals surface area contributed by atoms with Gasteiger partial charge < -0.3 is 14.2 Å². The summed E-state index contributed by atoms with van der Waals surface area (Å²) in [5.74, 6) is -0.979. The first-order valence-corrected chi connectivity index (χ1v) is 26.3. The van der Waals surface area contributed by atoms with Gasteiger partial charge in [0, 0.05) is 19.3 Å². The van der Waals surface area contributed by atoms with E-state index in [1.54, 1.807) is 0 Å². The lowest BCUT2D eigenvalue weighted by molar-refractivity contribution is -0.167. The molecule has 1 unspecified atom stereocenters. The predicted molar refractivity (Wildman–Crippen MR) is 283 cm³/mol. The first-order chi connectivity index (χ1) is 32.5. The van der Waals surface area contributed by atoms with Crippen molar-refractivity contribution in [2.24, 2.45) is 0 Å². The summed E-state index contributed by atoms with van der Waals surface area (Å²) in [4.78, 5) is 38.0. The van der Waals surface area contributed by atoms with Crippen molar-refractivity contribution in [1.82, 2.24) is 0 Å². The largest absolute Gasteiger partial charge is 0.462 e. The Labute approximate surface area is 405 Å². The van der Waals surface area contributed by atoms with Gasteiger partial charge in [-0.15, -0.1) is 0 Å². The second-order valence-electron chi connectivity index (χ2n) is 16.8. The standard InChI is InChI=1S/C60H94O6/c1-4-7-10-13-16-19-22-24-26-28-30-32-34-36-38-41-44-47-50-53-59(62)65-56-57(55-64-58(61)52-49-46-43-40-21-18-15-12-9-6-3)66-60(63)54-51-48-45-42-39-37-35-33-31-29-27-25-23-20-17-14-11-8-5-2/h7-8,10-11,13,15-20,22,24-28,30,32,34,36,38,57H,4-6,9,12,14,21,23,29,31,33,35,37,39-56H2,1-3H3/b10-7-,11-8-,16-13-,18-15-,20-17-,22-19-,26-24-,27-25-,30-28+,34-32-,38-36-. The highest BCUT2D eigenvalue weighted by molar-refractivity contribution is 5.71. The van der Waals surface area contributed by atoms with E-state index in [1.165, 1.54) is 51.4 Å². The first kappa shape index (κ1) is 61.5. The zero-order valence-corrected chi connectivity index (χ0v) is 42.1. The zero-order valence-electron chi connectivity index (χ0n) is 42.1. The summed E-state index contributed by atoms with van der Waals surface area (Å²) in [6.07, 6.45) is 74.3. The number of allylic oxidation sites excluding steroid dienone is 22. The molecule has 0 aliphatic rings. The van der Waals surface area contributed by atoms with Crippen LogP contribution in [0.3, 0.4) is 0 Å². The highest BCUT2D eigenvalue weighted by Crippen LogP contribution is 2.14. The van der Waals surface area contributed by atoms with Gasteiger partial charge in [0.15, 0.2) is 6.10 Å². The number of ether oxygens (including phenoxy) is 3. The van der Waals surface area contributed by atoms with Gasteiger partial charge >= 0.3 is 17.9 Å². The van der Waals surface area contributed by atoms with Crippen LogP contribution in [-0.4, -0.2) is 37.2 Å². The molecule has 1 atom stereocenters. The third-order valence-corrected chi connectivity index (χ3v) is 10.6. The number of carbonyl (C=O) groups is 3. The van der Waals surface area contributed by atoms with E-state index in [0.717, 1.165) is 116 Å². The lowest BCUT2D eigenvalue weighted by Crippen LogP contribution is -2.30. The Morgan fingerprint density at radius 3 is 1.14 bits per heavy atom. The van der Waals surface area contributed by atoms with Crippen LogP contribution in [0.2, 0.25) is 0 Å². The van der Waals surface area contributed by atoms with E-state index in [-0.39, 0.29) is 31.1 Å². The molecule has 0 aromatic heterocycles. The monoisotopic (exact) mass is 911 g/mol. The average molecular weight is 911 g/mol. The van der Waals surface area contributed by atoms with Gasteiger partial charge in [-0.1, -0.05) is 231 Å². The van der Waals surface area contributed by atoms with Crippen molar-refractivity contribution in [1.29, 1.82) is 0 Å². The molecule has 0 spiro atoms. The minimum Gasteiger partial charge on any atom is -0.462 e. The lowest BCUT2D eigenvalue weighted by Gasteiger charge is -2.18. The fraction of sp³-hybridized carbons (Fsp3) is 0.583. The summed E-state index contributed by atoms with van der Waals surface area (Å²) in [6.45, 7) is 6.27. The van der Waals surface area contributed by atoms with Crippen molar-refractivity contribution in [2.75, 3.05) is 13.2 Å². The third kappa shape index (κ3) is 50.5. The number of unbranched alkanes of at least 4 members (excludes halogenated alkanes) is 18. The molecule has 0 radical (unpaired) electrons. The number of carbonyl (C=O) groups excluding carboxylic acids is 3. The normalized spacial score (nSPS) is 13.2. The molecule has 0 saturated carbocycles. The van der Waals surface area contributed by atoms with Crippen molar-refractivity contribution in [3.8, 4) is 0 Å². The molecule has 6 heteroatoms. The van der Waals surface area contributed by atoms with E-state index in [1.807, 2.05) is 72.9 Å². The molecule has 0 aliphatic heterocycles. The van der Waals surface area contributed by atoms with Crippen molar-refractivity contribution in [2.45, 2.75) is 213 Å². The van der Waals surface area contributed by atoms with E-state index < -0.39 is 6.10 Å². The second-order valence-corrected chi connectivity index (χ2v) is 16.8. The van der Waals surface area contributed by atoms with Crippen LogP contribution < -0.4 is 0 Å². The Morgan fingerprint density at radius 2 is 0.667 bits per heavy atom. The molecule has 0 fully saturated rings. The Morgan fingerprint density at radius 1 is 0.333 bits per heavy atom. The highest BCUT2D eigenvalue weighted by Gasteiger charge is 2.19. The van der Waals surface area contributed by atoms with E-state index in [4.69, 9.17) is 14.2 Å². The molecule has 0 saturated heterocycles. The minimum absolute atomic E-state index is 0.106. The van der Waals surface area contributed by atoms with Crippen LogP contribution >= 0.6 is 0 Å². The Hall–Kier alpha value is -4.45. The van der Waals surface area contributed by atoms with E-state index >= 15 is 0 Å². The molecule has 0 aromatic rings. The van der Waals surface area contributed by atoms with Crippen LogP contribution in [0.15, 0.2) is 134 Å². The van der Waals surface area contributed by atoms with Gasteiger partial charge in [0.1, 0.15) is 13.2 Å². The van der Waals surface area contributed by atoms with Gasteiger partial charge in [0.25, 0.3) is 0 Å². The fourth-order valence-electron chi connectivity index (χ4n) is 6.65. The second kappa shape index (κ2) is 53.2. The fourth-order valence-corrected chi connectivity index (χ4v) is 6.65. The maximum absolute atomic E-state index is 12.8. The number of rotatable bonds is 45. The molecule has 0 heterocycles. The van der Waals surface area contributed by atoms with Crippen LogP contribution in [0.5, 0.6) is 0 Å². The maximum Gasteiger partial charge on any atom is 0.306 e. The van der Waals surface area contributed by atoms with Gasteiger partial charge in [-0.25, -0.2) is 0 Å². The first-order valence-electron chi connectivity index (χ1n) is 26.3. The summed E-state index contributed by atoms with van der Waals surface area (Å²) in [7, 11) is 0. The van der Waals surface area contributed by atoms with Crippen LogP contribution in [0.1, 0.15) is 207 Å². The van der Waals surface area contributed by atoms with Crippen LogP contribution in [0.25, 0.3) is 0 Å². The van der Waals surface area contributed by atoms with Gasteiger partial charge in [0.2, 0.25) is 0 Å². The van der Waals surface area contributed by atoms with E-state index in [2.05, 4.69) is 81.5 Å². The molecule has 0 rings (SSSR count). The van der Waals surface area contributed by atoms with Crippen LogP contribution in [-0.2, 0) is 28.6 Å².